The molecule has 1 atom stereocenters. The van der Waals surface area contributed by atoms with E-state index >= 15 is 0 Å². The lowest BCUT2D eigenvalue weighted by atomic mass is 9.92. The van der Waals surface area contributed by atoms with Gasteiger partial charge in [0.1, 0.15) is 17.7 Å². The van der Waals surface area contributed by atoms with Gasteiger partial charge in [-0.25, -0.2) is 8.78 Å². The zero-order valence-corrected chi connectivity index (χ0v) is 14.4. The van der Waals surface area contributed by atoms with E-state index in [9.17, 15) is 19.1 Å². The molecule has 0 fully saturated rings. The number of pyridine rings is 1. The summed E-state index contributed by atoms with van der Waals surface area (Å²) >= 11 is 0. The molecule has 1 heterocycles. The third-order valence-corrected chi connectivity index (χ3v) is 5.23. The van der Waals surface area contributed by atoms with Gasteiger partial charge in [-0.15, -0.1) is 0 Å². The molecule has 0 saturated carbocycles. The Labute approximate surface area is 159 Å². The quantitative estimate of drug-likeness (QED) is 0.453. The summed E-state index contributed by atoms with van der Waals surface area (Å²) in [5.41, 5.74) is 4.86. The molecule has 2 aliphatic carbocycles. The molecule has 5 heteroatoms. The van der Waals surface area contributed by atoms with Crippen molar-refractivity contribution in [3.8, 4) is 17.3 Å². The van der Waals surface area contributed by atoms with Crippen molar-refractivity contribution in [3.05, 3.63) is 100 Å². The van der Waals surface area contributed by atoms with Crippen molar-refractivity contribution in [3.63, 3.8) is 0 Å². The maximum Gasteiger partial charge on any atom is 0.132 e. The minimum absolute atomic E-state index is 0.0137. The first kappa shape index (κ1) is 16.5. The summed E-state index contributed by atoms with van der Waals surface area (Å²) in [5.74, 6) is -1.59. The van der Waals surface area contributed by atoms with E-state index in [1.807, 2.05) is 36.4 Å². The third kappa shape index (κ3) is 2.13. The van der Waals surface area contributed by atoms with Crippen molar-refractivity contribution in [1.82, 2.24) is 4.98 Å². The number of fused-ring (bicyclic) bond motifs is 4. The topological polar surface area (TPSA) is 56.9 Å². The maximum absolute atomic E-state index is 14.5. The van der Waals surface area contributed by atoms with Crippen LogP contribution in [-0.4, -0.2) is 10.1 Å². The second kappa shape index (κ2) is 5.95. The van der Waals surface area contributed by atoms with Gasteiger partial charge in [0.2, 0.25) is 0 Å². The van der Waals surface area contributed by atoms with Crippen LogP contribution in [0.2, 0.25) is 0 Å². The highest BCUT2D eigenvalue weighted by Gasteiger charge is 2.39. The standard InChI is InChI=1S/C23H12F2N2O/c24-12-10-17-14(7-8-26)21(23(28)20(17)18(25)11-12)19-13-4-1-2-5-15(13)22-16(19)6-3-9-27-22/h1-7,9-11,23,28H/b14-7?,21-19-. The Kier molecular flexibility index (Phi) is 3.51. The molecule has 0 aliphatic heterocycles. The molecule has 0 amide bonds. The molecule has 3 aromatic rings. The van der Waals surface area contributed by atoms with E-state index in [0.29, 0.717) is 16.7 Å². The van der Waals surface area contributed by atoms with Gasteiger partial charge in [0.05, 0.1) is 11.8 Å². The van der Waals surface area contributed by atoms with Crippen LogP contribution in [-0.2, 0) is 0 Å². The minimum Gasteiger partial charge on any atom is -0.383 e. The number of hydrogen-bond donors (Lipinski definition) is 1. The molecule has 0 spiro atoms. The first-order valence-corrected chi connectivity index (χ1v) is 8.68. The van der Waals surface area contributed by atoms with Crippen LogP contribution in [0, 0.1) is 23.0 Å². The minimum atomic E-state index is -1.32. The Hall–Kier alpha value is -3.62. The van der Waals surface area contributed by atoms with Crippen molar-refractivity contribution in [2.24, 2.45) is 0 Å². The normalized spacial score (nSPS) is 20.6. The van der Waals surface area contributed by atoms with Gasteiger partial charge >= 0.3 is 0 Å². The summed E-state index contributed by atoms with van der Waals surface area (Å²) in [6.45, 7) is 0. The lowest BCUT2D eigenvalue weighted by Crippen LogP contribution is -2.00. The number of allylic oxidation sites excluding steroid dienone is 1. The second-order valence-electron chi connectivity index (χ2n) is 6.67. The molecular weight excluding hydrogens is 358 g/mol. The van der Waals surface area contributed by atoms with Gasteiger partial charge in [-0.05, 0) is 34.4 Å². The van der Waals surface area contributed by atoms with Crippen LogP contribution in [0.1, 0.15) is 28.4 Å². The summed E-state index contributed by atoms with van der Waals surface area (Å²) in [5, 5.41) is 20.3. The lowest BCUT2D eigenvalue weighted by molar-refractivity contribution is 0.220. The van der Waals surface area contributed by atoms with Crippen LogP contribution in [0.3, 0.4) is 0 Å². The number of halogens is 2. The fourth-order valence-corrected chi connectivity index (χ4v) is 4.18. The molecular formula is C23H12F2N2O. The molecule has 134 valence electrons. The van der Waals surface area contributed by atoms with Gasteiger partial charge in [-0.3, -0.25) is 4.98 Å². The van der Waals surface area contributed by atoms with Crippen LogP contribution in [0.25, 0.3) is 22.4 Å². The monoisotopic (exact) mass is 370 g/mol. The molecule has 1 aromatic heterocycles. The number of aliphatic hydroxyl groups is 1. The van der Waals surface area contributed by atoms with Crippen molar-refractivity contribution >= 4 is 11.1 Å². The number of aliphatic hydroxyl groups excluding tert-OH is 1. The van der Waals surface area contributed by atoms with E-state index in [-0.39, 0.29) is 11.1 Å². The van der Waals surface area contributed by atoms with Crippen molar-refractivity contribution in [1.29, 1.82) is 5.26 Å². The molecule has 0 bridgehead atoms. The molecule has 28 heavy (non-hydrogen) atoms. The Morgan fingerprint density at radius 2 is 1.75 bits per heavy atom. The Balaban J connectivity index is 1.91. The van der Waals surface area contributed by atoms with Crippen LogP contribution in [0.15, 0.2) is 66.4 Å². The number of aromatic nitrogens is 1. The molecule has 1 unspecified atom stereocenters. The SMILES string of the molecule is N#CC=C1/C(=C2\c3ccccc3-c3ncccc32)C(O)c2c(F)cc(F)cc21. The van der Waals surface area contributed by atoms with Crippen molar-refractivity contribution in [2.75, 3.05) is 0 Å². The van der Waals surface area contributed by atoms with E-state index < -0.39 is 17.7 Å². The summed E-state index contributed by atoms with van der Waals surface area (Å²) in [4.78, 5) is 4.46. The zero-order valence-electron chi connectivity index (χ0n) is 14.4. The summed E-state index contributed by atoms with van der Waals surface area (Å²) in [6.07, 6.45) is 1.60. The van der Waals surface area contributed by atoms with E-state index in [1.165, 1.54) is 6.08 Å². The lowest BCUT2D eigenvalue weighted by Gasteiger charge is -2.13. The van der Waals surface area contributed by atoms with E-state index in [2.05, 4.69) is 4.98 Å². The van der Waals surface area contributed by atoms with E-state index in [0.717, 1.165) is 34.5 Å². The average Bonchev–Trinajstić information content (AvgIpc) is 3.15. The molecule has 0 saturated heterocycles. The van der Waals surface area contributed by atoms with Gasteiger partial charge in [0.15, 0.2) is 0 Å². The predicted molar refractivity (Wildman–Crippen MR) is 101 cm³/mol. The first-order valence-electron chi connectivity index (χ1n) is 8.68. The Morgan fingerprint density at radius 3 is 2.54 bits per heavy atom. The van der Waals surface area contributed by atoms with E-state index in [1.54, 1.807) is 12.3 Å². The molecule has 5 rings (SSSR count). The van der Waals surface area contributed by atoms with Crippen LogP contribution in [0.4, 0.5) is 8.78 Å². The number of rotatable bonds is 0. The van der Waals surface area contributed by atoms with Crippen LogP contribution in [0.5, 0.6) is 0 Å². The van der Waals surface area contributed by atoms with Crippen molar-refractivity contribution in [2.45, 2.75) is 6.10 Å². The van der Waals surface area contributed by atoms with E-state index in [4.69, 9.17) is 0 Å². The highest BCUT2D eigenvalue weighted by molar-refractivity contribution is 6.08. The molecule has 2 aromatic carbocycles. The van der Waals surface area contributed by atoms with Crippen LogP contribution < -0.4 is 0 Å². The third-order valence-electron chi connectivity index (χ3n) is 5.23. The number of nitriles is 1. The summed E-state index contributed by atoms with van der Waals surface area (Å²) < 4.78 is 28.4. The summed E-state index contributed by atoms with van der Waals surface area (Å²) in [7, 11) is 0. The molecule has 3 nitrogen and oxygen atoms in total. The summed E-state index contributed by atoms with van der Waals surface area (Å²) in [6, 6.07) is 15.1. The highest BCUT2D eigenvalue weighted by Crippen LogP contribution is 2.54. The smallest absolute Gasteiger partial charge is 0.132 e. The maximum atomic E-state index is 14.5. The van der Waals surface area contributed by atoms with Gasteiger partial charge in [-0.2, -0.15) is 5.26 Å². The number of hydrogen-bond acceptors (Lipinski definition) is 3. The van der Waals surface area contributed by atoms with Crippen molar-refractivity contribution < 1.29 is 13.9 Å². The number of nitrogens with zero attached hydrogens (tertiary/aromatic N) is 2. The fraction of sp³-hybridized carbons (Fsp3) is 0.0435. The number of benzene rings is 2. The Bertz CT molecular complexity index is 1220. The van der Waals surface area contributed by atoms with Gasteiger partial charge in [-0.1, -0.05) is 30.3 Å². The Morgan fingerprint density at radius 1 is 1.00 bits per heavy atom. The van der Waals surface area contributed by atoms with Gasteiger partial charge < -0.3 is 5.11 Å². The molecule has 0 radical (unpaired) electrons. The highest BCUT2D eigenvalue weighted by atomic mass is 19.1. The fourth-order valence-electron chi connectivity index (χ4n) is 4.18. The molecule has 2 aliphatic rings. The first-order chi connectivity index (χ1) is 13.6. The zero-order chi connectivity index (χ0) is 19.4. The van der Waals surface area contributed by atoms with Gasteiger partial charge in [0, 0.05) is 40.6 Å². The average molecular weight is 370 g/mol. The van der Waals surface area contributed by atoms with Crippen LogP contribution >= 0.6 is 0 Å². The second-order valence-corrected chi connectivity index (χ2v) is 6.67. The largest absolute Gasteiger partial charge is 0.383 e. The van der Waals surface area contributed by atoms with Gasteiger partial charge in [0.25, 0.3) is 0 Å². The molecule has 1 N–H and O–H groups in total. The predicted octanol–water partition coefficient (Wildman–Crippen LogP) is 4.80.